The van der Waals surface area contributed by atoms with E-state index in [1.54, 1.807) is 12.3 Å². The molecule has 0 aliphatic rings. The first-order valence-electron chi connectivity index (χ1n) is 4.55. The number of benzene rings is 1. The van der Waals surface area contributed by atoms with Crippen LogP contribution in [0.3, 0.4) is 0 Å². The minimum absolute atomic E-state index is 0.592. The molecule has 5 heteroatoms. The number of halogens is 2. The average Bonchev–Trinajstić information content (AvgIpc) is 2.73. The largest absolute Gasteiger partial charge is 0.198 e. The van der Waals surface area contributed by atoms with Gasteiger partial charge in [0.2, 0.25) is 0 Å². The lowest BCUT2D eigenvalue weighted by Crippen LogP contribution is -1.93. The molecule has 0 aliphatic carbocycles. The van der Waals surface area contributed by atoms with Crippen LogP contribution in [0.25, 0.3) is 0 Å². The fraction of sp³-hybridized carbons (Fsp3) is 0.200. The van der Waals surface area contributed by atoms with Crippen molar-refractivity contribution >= 4 is 23.2 Å². The van der Waals surface area contributed by atoms with Gasteiger partial charge in [-0.1, -0.05) is 35.3 Å². The first kappa shape index (κ1) is 10.5. The van der Waals surface area contributed by atoms with Crippen molar-refractivity contribution in [3.63, 3.8) is 0 Å². The first-order chi connectivity index (χ1) is 7.27. The summed E-state index contributed by atoms with van der Waals surface area (Å²) in [5.41, 5.74) is 1.96. The Balaban J connectivity index is 2.08. The lowest BCUT2D eigenvalue weighted by atomic mass is 10.1. The molecule has 0 aliphatic heterocycles. The van der Waals surface area contributed by atoms with E-state index in [2.05, 4.69) is 15.4 Å². The van der Waals surface area contributed by atoms with Crippen molar-refractivity contribution in [3.05, 3.63) is 45.7 Å². The summed E-state index contributed by atoms with van der Waals surface area (Å²) in [6, 6.07) is 5.64. The molecule has 2 aromatic rings. The number of hydrogen-bond donors (Lipinski definition) is 1. The molecule has 0 fully saturated rings. The molecule has 0 unspecified atom stereocenters. The van der Waals surface area contributed by atoms with Gasteiger partial charge < -0.3 is 0 Å². The molecule has 15 heavy (non-hydrogen) atoms. The number of aryl methyl sites for hydroxylation is 2. The van der Waals surface area contributed by atoms with Crippen molar-refractivity contribution in [2.45, 2.75) is 12.8 Å². The lowest BCUT2D eigenvalue weighted by Gasteiger charge is -2.03. The van der Waals surface area contributed by atoms with E-state index in [0.717, 1.165) is 24.1 Å². The third-order valence-corrected chi connectivity index (χ3v) is 3.01. The average molecular weight is 242 g/mol. The fourth-order valence-electron chi connectivity index (χ4n) is 1.35. The van der Waals surface area contributed by atoms with Gasteiger partial charge in [-0.25, -0.2) is 0 Å². The third-order valence-electron chi connectivity index (χ3n) is 2.15. The van der Waals surface area contributed by atoms with Gasteiger partial charge in [0.05, 0.1) is 21.9 Å². The van der Waals surface area contributed by atoms with E-state index in [4.69, 9.17) is 23.2 Å². The van der Waals surface area contributed by atoms with Crippen LogP contribution in [0.5, 0.6) is 0 Å². The van der Waals surface area contributed by atoms with Crippen molar-refractivity contribution in [2.24, 2.45) is 0 Å². The fourth-order valence-corrected chi connectivity index (χ4v) is 1.76. The topological polar surface area (TPSA) is 41.6 Å². The summed E-state index contributed by atoms with van der Waals surface area (Å²) in [7, 11) is 0. The quantitative estimate of drug-likeness (QED) is 0.898. The smallest absolute Gasteiger partial charge is 0.0828 e. The molecule has 0 amide bonds. The first-order valence-corrected chi connectivity index (χ1v) is 5.30. The van der Waals surface area contributed by atoms with Gasteiger partial charge in [-0.2, -0.15) is 15.4 Å². The van der Waals surface area contributed by atoms with Gasteiger partial charge >= 0.3 is 0 Å². The summed E-state index contributed by atoms with van der Waals surface area (Å²) in [5, 5.41) is 11.5. The minimum Gasteiger partial charge on any atom is -0.198 e. The highest BCUT2D eigenvalue weighted by atomic mass is 35.5. The number of aromatic amines is 1. The van der Waals surface area contributed by atoms with E-state index < -0.39 is 0 Å². The van der Waals surface area contributed by atoms with Crippen LogP contribution < -0.4 is 0 Å². The van der Waals surface area contributed by atoms with Crippen molar-refractivity contribution in [1.82, 2.24) is 15.4 Å². The summed E-state index contributed by atoms with van der Waals surface area (Å²) < 4.78 is 0. The van der Waals surface area contributed by atoms with Crippen molar-refractivity contribution in [3.8, 4) is 0 Å². The zero-order chi connectivity index (χ0) is 10.7. The van der Waals surface area contributed by atoms with Gasteiger partial charge in [0.25, 0.3) is 0 Å². The number of hydrogen-bond acceptors (Lipinski definition) is 2. The molecule has 2 rings (SSSR count). The molecule has 3 nitrogen and oxygen atoms in total. The molecule has 1 N–H and O–H groups in total. The second-order valence-electron chi connectivity index (χ2n) is 3.17. The van der Waals surface area contributed by atoms with Gasteiger partial charge in [0, 0.05) is 0 Å². The minimum atomic E-state index is 0.592. The maximum Gasteiger partial charge on any atom is 0.0828 e. The van der Waals surface area contributed by atoms with Crippen LogP contribution in [0.1, 0.15) is 11.3 Å². The highest BCUT2D eigenvalue weighted by Gasteiger charge is 2.05. The number of aromatic nitrogens is 3. The molecule has 1 heterocycles. The molecule has 0 radical (unpaired) electrons. The molecule has 1 aromatic carbocycles. The monoisotopic (exact) mass is 241 g/mol. The molecular formula is C10H9Cl2N3. The maximum atomic E-state index is 6.06. The molecular weight excluding hydrogens is 233 g/mol. The molecule has 0 saturated carbocycles. The second kappa shape index (κ2) is 4.64. The standard InChI is InChI=1S/C10H9Cl2N3/c11-9-3-1-2-7(10(9)12)4-5-8-6-13-15-14-8/h1-3,6H,4-5H2,(H,13,14,15). The zero-order valence-electron chi connectivity index (χ0n) is 7.87. The van der Waals surface area contributed by atoms with E-state index in [0.29, 0.717) is 10.0 Å². The van der Waals surface area contributed by atoms with E-state index in [1.165, 1.54) is 0 Å². The third kappa shape index (κ3) is 2.49. The normalized spacial score (nSPS) is 10.5. The predicted molar refractivity (Wildman–Crippen MR) is 60.3 cm³/mol. The molecule has 0 spiro atoms. The van der Waals surface area contributed by atoms with E-state index in [-0.39, 0.29) is 0 Å². The SMILES string of the molecule is Clc1cccc(CCc2cn[nH]n2)c1Cl. The van der Waals surface area contributed by atoms with Crippen molar-refractivity contribution in [2.75, 3.05) is 0 Å². The van der Waals surface area contributed by atoms with E-state index in [1.807, 2.05) is 12.1 Å². The van der Waals surface area contributed by atoms with Crippen LogP contribution in [0.15, 0.2) is 24.4 Å². The van der Waals surface area contributed by atoms with E-state index in [9.17, 15) is 0 Å². The number of nitrogens with zero attached hydrogens (tertiary/aromatic N) is 2. The Morgan fingerprint density at radius 2 is 2.07 bits per heavy atom. The van der Waals surface area contributed by atoms with Crippen LogP contribution in [-0.4, -0.2) is 15.4 Å². The van der Waals surface area contributed by atoms with Crippen molar-refractivity contribution in [1.29, 1.82) is 0 Å². The summed E-state index contributed by atoms with van der Waals surface area (Å²) in [6.45, 7) is 0. The Morgan fingerprint density at radius 3 is 2.80 bits per heavy atom. The van der Waals surface area contributed by atoms with Gasteiger partial charge in [-0.05, 0) is 24.5 Å². The van der Waals surface area contributed by atoms with Gasteiger partial charge in [0.1, 0.15) is 0 Å². The highest BCUT2D eigenvalue weighted by Crippen LogP contribution is 2.26. The number of H-pyrrole nitrogens is 1. The Kier molecular flexibility index (Phi) is 3.23. The van der Waals surface area contributed by atoms with E-state index >= 15 is 0 Å². The number of rotatable bonds is 3. The Morgan fingerprint density at radius 1 is 1.20 bits per heavy atom. The van der Waals surface area contributed by atoms with Crippen LogP contribution in [-0.2, 0) is 12.8 Å². The van der Waals surface area contributed by atoms with Gasteiger partial charge in [-0.3, -0.25) is 0 Å². The van der Waals surface area contributed by atoms with Crippen molar-refractivity contribution < 1.29 is 0 Å². The Labute approximate surface area is 97.4 Å². The van der Waals surface area contributed by atoms with Crippen LogP contribution in [0, 0.1) is 0 Å². The Bertz CT molecular complexity index is 440. The molecule has 0 atom stereocenters. The molecule has 1 aromatic heterocycles. The highest BCUT2D eigenvalue weighted by molar-refractivity contribution is 6.42. The summed E-state index contributed by atoms with van der Waals surface area (Å²) >= 11 is 12.0. The van der Waals surface area contributed by atoms with Gasteiger partial charge in [0.15, 0.2) is 0 Å². The van der Waals surface area contributed by atoms with Gasteiger partial charge in [-0.15, -0.1) is 0 Å². The molecule has 0 saturated heterocycles. The predicted octanol–water partition coefficient (Wildman–Crippen LogP) is 2.90. The summed E-state index contributed by atoms with van der Waals surface area (Å²) in [4.78, 5) is 0. The summed E-state index contributed by atoms with van der Waals surface area (Å²) in [5.74, 6) is 0. The maximum absolute atomic E-state index is 6.06. The van der Waals surface area contributed by atoms with Crippen LogP contribution in [0.4, 0.5) is 0 Å². The second-order valence-corrected chi connectivity index (χ2v) is 3.96. The molecule has 78 valence electrons. The zero-order valence-corrected chi connectivity index (χ0v) is 9.39. The van der Waals surface area contributed by atoms with Crippen LogP contribution in [0.2, 0.25) is 10.0 Å². The number of nitrogens with one attached hydrogen (secondary N) is 1. The lowest BCUT2D eigenvalue weighted by molar-refractivity contribution is 0.871. The summed E-state index contributed by atoms with van der Waals surface area (Å²) in [6.07, 6.45) is 3.32. The molecule has 0 bridgehead atoms. The van der Waals surface area contributed by atoms with Crippen LogP contribution >= 0.6 is 23.2 Å². The Hall–Kier alpha value is -1.06.